The Morgan fingerprint density at radius 2 is 1.68 bits per heavy atom. The summed E-state index contributed by atoms with van der Waals surface area (Å²) in [5, 5.41) is 8.52. The average Bonchev–Trinajstić information content (AvgIpc) is 3.35. The molecule has 11 nitrogen and oxygen atoms in total. The maximum atomic E-state index is 6.25. The van der Waals surface area contributed by atoms with Crippen molar-refractivity contribution in [3.05, 3.63) is 60.9 Å². The van der Waals surface area contributed by atoms with Crippen molar-refractivity contribution in [1.29, 1.82) is 0 Å². The third kappa shape index (κ3) is 6.45. The SMILES string of the molecule is COc1cccc(-n2ncc3cnc(NC4COCCOCCOCCOc5ccccc5O4)nc32)c1. The largest absolute Gasteiger partial charge is 0.497 e. The normalized spacial score (nSPS) is 17.5. The molecular weight excluding hydrogens is 478 g/mol. The lowest BCUT2D eigenvalue weighted by atomic mass is 10.3. The molecule has 0 fully saturated rings. The Labute approximate surface area is 214 Å². The predicted molar refractivity (Wildman–Crippen MR) is 136 cm³/mol. The standard InChI is InChI=1S/C26H29N5O6/c1-32-21-6-4-5-20(15-21)31-25-19(17-28-31)16-27-26(30-25)29-24-18-35-12-11-33-9-10-34-13-14-36-22-7-2-3-8-23(22)37-24/h2-8,15-17,24H,9-14,18H2,1H3,(H,27,29,30). The van der Waals surface area contributed by atoms with Gasteiger partial charge in [-0.25, -0.2) is 9.67 Å². The van der Waals surface area contributed by atoms with Crippen molar-refractivity contribution >= 4 is 17.0 Å². The minimum atomic E-state index is -0.600. The average molecular weight is 508 g/mol. The van der Waals surface area contributed by atoms with Crippen LogP contribution >= 0.6 is 0 Å². The summed E-state index contributed by atoms with van der Waals surface area (Å²) in [5.74, 6) is 2.27. The van der Waals surface area contributed by atoms with Crippen LogP contribution in [0.4, 0.5) is 5.95 Å². The van der Waals surface area contributed by atoms with Crippen molar-refractivity contribution in [2.45, 2.75) is 6.23 Å². The molecule has 5 rings (SSSR count). The summed E-state index contributed by atoms with van der Waals surface area (Å²) in [6, 6.07) is 15.1. The molecule has 4 aromatic rings. The number of anilines is 1. The minimum Gasteiger partial charge on any atom is -0.497 e. The molecule has 1 aliphatic rings. The summed E-state index contributed by atoms with van der Waals surface area (Å²) in [4.78, 5) is 9.17. The molecule has 2 aromatic heterocycles. The number of nitrogens with zero attached hydrogens (tertiary/aromatic N) is 4. The second-order valence-electron chi connectivity index (χ2n) is 8.08. The number of fused-ring (bicyclic) bond motifs is 2. The van der Waals surface area contributed by atoms with E-state index in [1.807, 2.05) is 48.5 Å². The van der Waals surface area contributed by atoms with Crippen LogP contribution in [0.2, 0.25) is 0 Å². The molecule has 3 heterocycles. The molecule has 0 aliphatic carbocycles. The van der Waals surface area contributed by atoms with Gasteiger partial charge in [0, 0.05) is 12.3 Å². The van der Waals surface area contributed by atoms with Gasteiger partial charge in [-0.15, -0.1) is 0 Å². The third-order valence-electron chi connectivity index (χ3n) is 5.51. The van der Waals surface area contributed by atoms with Crippen LogP contribution in [0.15, 0.2) is 60.9 Å². The number of methoxy groups -OCH3 is 1. The monoisotopic (exact) mass is 507 g/mol. The fourth-order valence-corrected chi connectivity index (χ4v) is 3.73. The first-order valence-corrected chi connectivity index (χ1v) is 12.0. The maximum Gasteiger partial charge on any atom is 0.227 e. The van der Waals surface area contributed by atoms with Gasteiger partial charge in [-0.2, -0.15) is 10.1 Å². The summed E-state index contributed by atoms with van der Waals surface area (Å²) in [6.07, 6.45) is 2.84. The van der Waals surface area contributed by atoms with E-state index in [1.54, 1.807) is 24.2 Å². The van der Waals surface area contributed by atoms with Crippen molar-refractivity contribution < 1.29 is 28.4 Å². The minimum absolute atomic E-state index is 0.227. The van der Waals surface area contributed by atoms with E-state index < -0.39 is 6.23 Å². The summed E-state index contributed by atoms with van der Waals surface area (Å²) in [5.41, 5.74) is 1.46. The molecule has 0 saturated carbocycles. The second-order valence-corrected chi connectivity index (χ2v) is 8.08. The van der Waals surface area contributed by atoms with E-state index in [1.165, 1.54) is 0 Å². The van der Waals surface area contributed by atoms with Crippen LogP contribution in [-0.4, -0.2) is 79.3 Å². The molecule has 1 atom stereocenters. The third-order valence-corrected chi connectivity index (χ3v) is 5.51. The Balaban J connectivity index is 1.39. The molecule has 0 radical (unpaired) electrons. The zero-order valence-corrected chi connectivity index (χ0v) is 20.5. The molecule has 0 bridgehead atoms. The van der Waals surface area contributed by atoms with Crippen molar-refractivity contribution in [2.75, 3.05) is 58.7 Å². The number of aromatic nitrogens is 4. The van der Waals surface area contributed by atoms with E-state index in [0.29, 0.717) is 62.7 Å². The molecule has 0 saturated heterocycles. The zero-order valence-electron chi connectivity index (χ0n) is 20.5. The molecular formula is C26H29N5O6. The topological polar surface area (TPSA) is 111 Å². The molecule has 2 aromatic carbocycles. The molecule has 1 N–H and O–H groups in total. The number of hydrogen-bond acceptors (Lipinski definition) is 10. The first kappa shape index (κ1) is 24.8. The van der Waals surface area contributed by atoms with Gasteiger partial charge in [0.15, 0.2) is 23.4 Å². The number of rotatable bonds is 4. The summed E-state index contributed by atoms with van der Waals surface area (Å²) in [6.45, 7) is 2.91. The fourth-order valence-electron chi connectivity index (χ4n) is 3.73. The van der Waals surface area contributed by atoms with Crippen molar-refractivity contribution in [2.24, 2.45) is 0 Å². The second kappa shape index (κ2) is 12.3. The molecule has 0 amide bonds. The van der Waals surface area contributed by atoms with E-state index in [4.69, 9.17) is 33.4 Å². The lowest BCUT2D eigenvalue weighted by molar-refractivity contribution is -0.000891. The summed E-state index contributed by atoms with van der Waals surface area (Å²) < 4.78 is 36.1. The number of para-hydroxylation sites is 2. The van der Waals surface area contributed by atoms with E-state index in [2.05, 4.69) is 15.4 Å². The Morgan fingerprint density at radius 1 is 0.892 bits per heavy atom. The van der Waals surface area contributed by atoms with Crippen LogP contribution in [0.25, 0.3) is 16.7 Å². The molecule has 11 heteroatoms. The van der Waals surface area contributed by atoms with Crippen LogP contribution in [-0.2, 0) is 14.2 Å². The van der Waals surface area contributed by atoms with Gasteiger partial charge < -0.3 is 33.7 Å². The molecule has 0 spiro atoms. The first-order valence-electron chi connectivity index (χ1n) is 12.0. The van der Waals surface area contributed by atoms with Gasteiger partial charge in [0.2, 0.25) is 5.95 Å². The van der Waals surface area contributed by atoms with E-state index in [0.717, 1.165) is 16.8 Å². The van der Waals surface area contributed by atoms with Gasteiger partial charge in [0.25, 0.3) is 0 Å². The lowest BCUT2D eigenvalue weighted by Crippen LogP contribution is -2.33. The highest BCUT2D eigenvalue weighted by Crippen LogP contribution is 2.28. The van der Waals surface area contributed by atoms with E-state index in [9.17, 15) is 0 Å². The highest BCUT2D eigenvalue weighted by Gasteiger charge is 2.17. The van der Waals surface area contributed by atoms with Gasteiger partial charge in [-0.05, 0) is 24.3 Å². The zero-order chi connectivity index (χ0) is 25.3. The summed E-state index contributed by atoms with van der Waals surface area (Å²) >= 11 is 0. The van der Waals surface area contributed by atoms with Gasteiger partial charge in [-0.1, -0.05) is 18.2 Å². The number of ether oxygens (including phenoxy) is 6. The molecule has 1 aliphatic heterocycles. The van der Waals surface area contributed by atoms with Crippen molar-refractivity contribution in [3.63, 3.8) is 0 Å². The van der Waals surface area contributed by atoms with Crippen LogP contribution in [0.3, 0.4) is 0 Å². The molecule has 37 heavy (non-hydrogen) atoms. The number of benzene rings is 2. The van der Waals surface area contributed by atoms with Crippen LogP contribution < -0.4 is 19.5 Å². The Hall–Kier alpha value is -3.93. The lowest BCUT2D eigenvalue weighted by Gasteiger charge is -2.22. The Morgan fingerprint density at radius 3 is 2.51 bits per heavy atom. The van der Waals surface area contributed by atoms with E-state index in [-0.39, 0.29) is 6.61 Å². The van der Waals surface area contributed by atoms with E-state index >= 15 is 0 Å². The highest BCUT2D eigenvalue weighted by molar-refractivity contribution is 5.76. The Kier molecular flexibility index (Phi) is 8.26. The van der Waals surface area contributed by atoms with Crippen LogP contribution in [0.1, 0.15) is 0 Å². The molecule has 1 unspecified atom stereocenters. The van der Waals surface area contributed by atoms with Crippen LogP contribution in [0, 0.1) is 0 Å². The molecule has 194 valence electrons. The quantitative estimate of drug-likeness (QED) is 0.442. The smallest absolute Gasteiger partial charge is 0.227 e. The highest BCUT2D eigenvalue weighted by atomic mass is 16.6. The predicted octanol–water partition coefficient (Wildman–Crippen LogP) is 3.08. The van der Waals surface area contributed by atoms with Gasteiger partial charge >= 0.3 is 0 Å². The van der Waals surface area contributed by atoms with Gasteiger partial charge in [0.05, 0.1) is 57.4 Å². The Bertz CT molecular complexity index is 1300. The first-order chi connectivity index (χ1) is 18.3. The fraction of sp³-hybridized carbons (Fsp3) is 0.346. The number of hydrogen-bond donors (Lipinski definition) is 1. The summed E-state index contributed by atoms with van der Waals surface area (Å²) in [7, 11) is 1.63. The van der Waals surface area contributed by atoms with Crippen LogP contribution in [0.5, 0.6) is 17.2 Å². The maximum absolute atomic E-state index is 6.25. The van der Waals surface area contributed by atoms with Crippen molar-refractivity contribution in [1.82, 2.24) is 19.7 Å². The number of nitrogens with one attached hydrogen (secondary N) is 1. The van der Waals surface area contributed by atoms with Crippen molar-refractivity contribution in [3.8, 4) is 22.9 Å². The van der Waals surface area contributed by atoms with Gasteiger partial charge in [-0.3, -0.25) is 0 Å². The van der Waals surface area contributed by atoms with Gasteiger partial charge in [0.1, 0.15) is 19.0 Å².